The van der Waals surface area contributed by atoms with E-state index in [0.717, 1.165) is 27.6 Å². The monoisotopic (exact) mass is 492 g/mol. The minimum absolute atomic E-state index is 0.0501. The first-order valence-electron chi connectivity index (χ1n) is 9.73. The Kier molecular flexibility index (Phi) is 7.61. The van der Waals surface area contributed by atoms with Gasteiger partial charge in [0.25, 0.3) is 0 Å². The summed E-state index contributed by atoms with van der Waals surface area (Å²) in [7, 11) is 1.33. The Balaban J connectivity index is 2.02. The van der Waals surface area contributed by atoms with Gasteiger partial charge in [-0.3, -0.25) is 4.79 Å². The van der Waals surface area contributed by atoms with Crippen molar-refractivity contribution >= 4 is 40.3 Å². The highest BCUT2D eigenvalue weighted by Crippen LogP contribution is 2.34. The number of carbonyl (C=O) groups excluding carboxylic acids is 1. The van der Waals surface area contributed by atoms with Crippen LogP contribution in [0.3, 0.4) is 0 Å². The van der Waals surface area contributed by atoms with Gasteiger partial charge < -0.3 is 10.5 Å². The van der Waals surface area contributed by atoms with E-state index in [4.69, 9.17) is 22.1 Å². The predicted molar refractivity (Wildman–Crippen MR) is 126 cm³/mol. The molecule has 33 heavy (non-hydrogen) atoms. The van der Waals surface area contributed by atoms with Crippen LogP contribution in [0, 0.1) is 6.92 Å². The summed E-state index contributed by atoms with van der Waals surface area (Å²) in [5, 5.41) is 0.308. The van der Waals surface area contributed by atoms with E-state index in [1.807, 2.05) is 31.2 Å². The van der Waals surface area contributed by atoms with Crippen molar-refractivity contribution in [3.63, 3.8) is 0 Å². The average Bonchev–Trinajstić information content (AvgIpc) is 3.23. The summed E-state index contributed by atoms with van der Waals surface area (Å²) in [5.41, 5.74) is 7.02. The molecule has 0 amide bonds. The lowest BCUT2D eigenvalue weighted by atomic mass is 10.0. The van der Waals surface area contributed by atoms with Crippen LogP contribution in [0.5, 0.6) is 0 Å². The maximum Gasteiger partial charge on any atom is 0.430 e. The van der Waals surface area contributed by atoms with Crippen molar-refractivity contribution in [2.45, 2.75) is 19.5 Å². The predicted octanol–water partition coefficient (Wildman–Crippen LogP) is 6.62. The summed E-state index contributed by atoms with van der Waals surface area (Å²) in [5.74, 6) is -0.338. The third-order valence-corrected chi connectivity index (χ3v) is 6.16. The average molecular weight is 493 g/mol. The van der Waals surface area contributed by atoms with Gasteiger partial charge in [0.05, 0.1) is 34.8 Å². The molecule has 1 aromatic heterocycles. The van der Waals surface area contributed by atoms with Gasteiger partial charge in [-0.05, 0) is 54.0 Å². The van der Waals surface area contributed by atoms with Crippen LogP contribution in [0.2, 0.25) is 5.02 Å². The zero-order valence-electron chi connectivity index (χ0n) is 17.7. The van der Waals surface area contributed by atoms with Gasteiger partial charge in [-0.1, -0.05) is 41.9 Å². The van der Waals surface area contributed by atoms with Crippen molar-refractivity contribution in [1.29, 1.82) is 0 Å². The number of aryl methyl sites for hydroxylation is 1. The summed E-state index contributed by atoms with van der Waals surface area (Å²) in [6, 6.07) is 15.7. The Hall–Kier alpha value is -3.10. The number of nitrogens with two attached hydrogens (primary N) is 1. The van der Waals surface area contributed by atoms with Gasteiger partial charge in [-0.15, -0.1) is 11.3 Å². The number of rotatable bonds is 6. The molecular formula is C24H20ClF3N2O2S. The number of aliphatic imine (C=N–C) groups is 1. The van der Waals surface area contributed by atoms with E-state index >= 15 is 0 Å². The number of hydrogen-bond acceptors (Lipinski definition) is 5. The maximum absolute atomic E-state index is 13.1. The van der Waals surface area contributed by atoms with Crippen LogP contribution in [-0.2, 0) is 16.0 Å². The van der Waals surface area contributed by atoms with E-state index in [9.17, 15) is 18.0 Å². The van der Waals surface area contributed by atoms with Crippen LogP contribution in [-0.4, -0.2) is 25.0 Å². The first kappa shape index (κ1) is 24.5. The van der Waals surface area contributed by atoms with Gasteiger partial charge in [0.1, 0.15) is 5.70 Å². The molecule has 0 atom stereocenters. The Morgan fingerprint density at radius 1 is 1.18 bits per heavy atom. The number of nitrogens with zero attached hydrogens (tertiary/aromatic N) is 1. The fourth-order valence-corrected chi connectivity index (χ4v) is 4.27. The summed E-state index contributed by atoms with van der Waals surface area (Å²) >= 11 is 7.43. The summed E-state index contributed by atoms with van der Waals surface area (Å²) in [4.78, 5) is 17.2. The zero-order chi connectivity index (χ0) is 24.2. The molecule has 9 heteroatoms. The SMILES string of the molecule is COC(=O)Cc1ccc(-c2ccc(C(/C=C(\N)C(F)(F)F)=Nc3ccccc3Cl)s2)c(C)c1. The summed E-state index contributed by atoms with van der Waals surface area (Å²) in [6.07, 6.45) is -3.72. The molecule has 0 aliphatic carbocycles. The van der Waals surface area contributed by atoms with Crippen LogP contribution in [0.25, 0.3) is 10.4 Å². The minimum atomic E-state index is -4.69. The van der Waals surface area contributed by atoms with Crippen molar-refractivity contribution in [2.75, 3.05) is 7.11 Å². The second-order valence-corrected chi connectivity index (χ2v) is 8.60. The lowest BCUT2D eigenvalue weighted by Gasteiger charge is -2.08. The number of benzene rings is 2. The van der Waals surface area contributed by atoms with Gasteiger partial charge in [0.2, 0.25) is 0 Å². The number of allylic oxidation sites excluding steroid dienone is 2. The molecule has 172 valence electrons. The third kappa shape index (κ3) is 6.24. The smallest absolute Gasteiger partial charge is 0.430 e. The van der Waals surface area contributed by atoms with Gasteiger partial charge in [-0.25, -0.2) is 4.99 Å². The maximum atomic E-state index is 13.1. The van der Waals surface area contributed by atoms with E-state index in [0.29, 0.717) is 15.6 Å². The summed E-state index contributed by atoms with van der Waals surface area (Å²) < 4.78 is 44.0. The number of thiophene rings is 1. The molecule has 0 spiro atoms. The fourth-order valence-electron chi connectivity index (χ4n) is 3.03. The minimum Gasteiger partial charge on any atom is -0.469 e. The van der Waals surface area contributed by atoms with Crippen molar-refractivity contribution in [3.05, 3.63) is 87.4 Å². The molecule has 0 fully saturated rings. The molecule has 0 radical (unpaired) electrons. The molecule has 0 saturated heterocycles. The van der Waals surface area contributed by atoms with Crippen LogP contribution >= 0.6 is 22.9 Å². The van der Waals surface area contributed by atoms with Gasteiger partial charge in [0, 0.05) is 4.88 Å². The highest BCUT2D eigenvalue weighted by molar-refractivity contribution is 7.17. The number of methoxy groups -OCH3 is 1. The van der Waals surface area contributed by atoms with Gasteiger partial charge >= 0.3 is 12.1 Å². The van der Waals surface area contributed by atoms with Gasteiger partial charge in [-0.2, -0.15) is 13.2 Å². The Morgan fingerprint density at radius 3 is 2.55 bits per heavy atom. The molecule has 0 unspecified atom stereocenters. The molecule has 0 aliphatic heterocycles. The normalized spacial score (nSPS) is 12.7. The van der Waals surface area contributed by atoms with E-state index in [1.54, 1.807) is 30.3 Å². The van der Waals surface area contributed by atoms with Crippen LogP contribution < -0.4 is 5.73 Å². The lowest BCUT2D eigenvalue weighted by Crippen LogP contribution is -2.20. The molecule has 1 heterocycles. The Bertz CT molecular complexity index is 1230. The second-order valence-electron chi connectivity index (χ2n) is 7.11. The van der Waals surface area contributed by atoms with Crippen LogP contribution in [0.15, 0.2) is 71.4 Å². The van der Waals surface area contributed by atoms with Gasteiger partial charge in [0.15, 0.2) is 0 Å². The highest BCUT2D eigenvalue weighted by atomic mass is 35.5. The van der Waals surface area contributed by atoms with E-state index in [1.165, 1.54) is 18.4 Å². The third-order valence-electron chi connectivity index (χ3n) is 4.70. The molecular weight excluding hydrogens is 473 g/mol. The number of halogens is 4. The lowest BCUT2D eigenvalue weighted by molar-refractivity contribution is -0.139. The molecule has 4 nitrogen and oxygen atoms in total. The first-order valence-corrected chi connectivity index (χ1v) is 10.9. The highest BCUT2D eigenvalue weighted by Gasteiger charge is 2.32. The largest absolute Gasteiger partial charge is 0.469 e. The van der Waals surface area contributed by atoms with Crippen molar-refractivity contribution < 1.29 is 22.7 Å². The Labute approximate surface area is 198 Å². The number of hydrogen-bond donors (Lipinski definition) is 1. The number of ether oxygens (including phenoxy) is 1. The number of esters is 1. The molecule has 2 aromatic carbocycles. The van der Waals surface area contributed by atoms with E-state index < -0.39 is 11.9 Å². The number of alkyl halides is 3. The second kappa shape index (κ2) is 10.2. The molecule has 0 aliphatic rings. The Morgan fingerprint density at radius 2 is 1.91 bits per heavy atom. The summed E-state index contributed by atoms with van der Waals surface area (Å²) in [6.45, 7) is 1.90. The van der Waals surface area contributed by atoms with Crippen LogP contribution in [0.4, 0.5) is 18.9 Å². The number of para-hydroxylation sites is 1. The molecule has 0 saturated carbocycles. The number of carbonyl (C=O) groups is 1. The molecule has 0 bridgehead atoms. The molecule has 3 aromatic rings. The van der Waals surface area contributed by atoms with E-state index in [-0.39, 0.29) is 18.1 Å². The van der Waals surface area contributed by atoms with Crippen LogP contribution in [0.1, 0.15) is 16.0 Å². The van der Waals surface area contributed by atoms with E-state index in [2.05, 4.69) is 4.99 Å². The topological polar surface area (TPSA) is 64.7 Å². The van der Waals surface area contributed by atoms with Crippen molar-refractivity contribution in [2.24, 2.45) is 10.7 Å². The fraction of sp³-hybridized carbons (Fsp3) is 0.167. The zero-order valence-corrected chi connectivity index (χ0v) is 19.3. The molecule has 3 rings (SSSR count). The molecule has 2 N–H and O–H groups in total. The van der Waals surface area contributed by atoms with Crippen molar-refractivity contribution in [3.8, 4) is 10.4 Å². The quantitative estimate of drug-likeness (QED) is 0.311. The standard InChI is InChI=1S/C24H20ClF3N2O2S/c1-14-11-15(12-23(31)32-2)7-8-16(14)20-9-10-21(33-20)19(13-22(29)24(26,27)28)30-18-6-4-3-5-17(18)25/h3-11,13H,12,29H2,1-2H3/b22-13-,30-19?. The first-order chi connectivity index (χ1) is 15.6. The van der Waals surface area contributed by atoms with Crippen molar-refractivity contribution in [1.82, 2.24) is 0 Å².